The Labute approximate surface area is 104 Å². The lowest BCUT2D eigenvalue weighted by molar-refractivity contribution is -0.155. The number of aliphatic hydroxyl groups is 1. The number of hydrogen-bond donors (Lipinski definition) is 1. The van der Waals surface area contributed by atoms with Gasteiger partial charge in [0, 0.05) is 13.0 Å². The fourth-order valence-electron chi connectivity index (χ4n) is 1.51. The minimum Gasteiger partial charge on any atom is -0.392 e. The molecular formula is C14H22O3. The Morgan fingerprint density at radius 3 is 3.06 bits per heavy atom. The average molecular weight is 238 g/mol. The van der Waals surface area contributed by atoms with Gasteiger partial charge in [0.1, 0.15) is 0 Å². The highest BCUT2D eigenvalue weighted by molar-refractivity contribution is 5.26. The molecule has 1 rings (SSSR count). The van der Waals surface area contributed by atoms with Crippen molar-refractivity contribution in [1.82, 2.24) is 0 Å². The Morgan fingerprint density at radius 1 is 1.59 bits per heavy atom. The van der Waals surface area contributed by atoms with E-state index in [1.165, 1.54) is 6.42 Å². The summed E-state index contributed by atoms with van der Waals surface area (Å²) in [5.41, 5.74) is 0.974. The van der Waals surface area contributed by atoms with Gasteiger partial charge in [0.2, 0.25) is 0 Å². The number of allylic oxidation sites excluding steroid dienone is 1. The summed E-state index contributed by atoms with van der Waals surface area (Å²) in [6.45, 7) is 5.03. The van der Waals surface area contributed by atoms with Crippen LogP contribution >= 0.6 is 0 Å². The van der Waals surface area contributed by atoms with Crippen LogP contribution in [-0.4, -0.2) is 30.7 Å². The maximum absolute atomic E-state index is 9.05. The van der Waals surface area contributed by atoms with Crippen molar-refractivity contribution in [1.29, 1.82) is 0 Å². The second-order valence-corrected chi connectivity index (χ2v) is 4.37. The standard InChI is InChI=1S/C14H22O3/c1-12(6-5-7-13(2)15)9-11-17-14-8-3-4-10-16-14/h9,13-15H,3-4,7-8,10-11H2,1-2H3. The third kappa shape index (κ3) is 7.17. The number of ether oxygens (including phenoxy) is 2. The van der Waals surface area contributed by atoms with Gasteiger partial charge >= 0.3 is 0 Å². The molecule has 1 heterocycles. The van der Waals surface area contributed by atoms with Crippen molar-refractivity contribution in [3.8, 4) is 11.8 Å². The van der Waals surface area contributed by atoms with Crippen LogP contribution in [-0.2, 0) is 9.47 Å². The first-order chi connectivity index (χ1) is 8.18. The van der Waals surface area contributed by atoms with Crippen LogP contribution in [0.3, 0.4) is 0 Å². The van der Waals surface area contributed by atoms with E-state index in [4.69, 9.17) is 14.6 Å². The van der Waals surface area contributed by atoms with Crippen molar-refractivity contribution < 1.29 is 14.6 Å². The van der Waals surface area contributed by atoms with Gasteiger partial charge in [-0.2, -0.15) is 0 Å². The lowest BCUT2D eigenvalue weighted by Gasteiger charge is -2.21. The summed E-state index contributed by atoms with van der Waals surface area (Å²) >= 11 is 0. The molecular weight excluding hydrogens is 216 g/mol. The van der Waals surface area contributed by atoms with Gasteiger partial charge in [0.15, 0.2) is 6.29 Å². The largest absolute Gasteiger partial charge is 0.392 e. The molecule has 0 aromatic carbocycles. The fraction of sp³-hybridized carbons (Fsp3) is 0.714. The van der Waals surface area contributed by atoms with E-state index in [9.17, 15) is 0 Å². The van der Waals surface area contributed by atoms with Crippen molar-refractivity contribution in [3.63, 3.8) is 0 Å². The van der Waals surface area contributed by atoms with Gasteiger partial charge < -0.3 is 14.6 Å². The Hall–Kier alpha value is -0.820. The molecule has 96 valence electrons. The maximum atomic E-state index is 9.05. The highest BCUT2D eigenvalue weighted by Crippen LogP contribution is 2.13. The average Bonchev–Trinajstić information content (AvgIpc) is 2.30. The molecule has 3 heteroatoms. The van der Waals surface area contributed by atoms with Gasteiger partial charge in [-0.25, -0.2) is 0 Å². The monoisotopic (exact) mass is 238 g/mol. The molecule has 0 aromatic rings. The highest BCUT2D eigenvalue weighted by atomic mass is 16.7. The van der Waals surface area contributed by atoms with E-state index >= 15 is 0 Å². The number of aliphatic hydroxyl groups excluding tert-OH is 1. The zero-order valence-electron chi connectivity index (χ0n) is 10.7. The van der Waals surface area contributed by atoms with Gasteiger partial charge in [-0.3, -0.25) is 0 Å². The molecule has 0 spiro atoms. The van der Waals surface area contributed by atoms with Crippen molar-refractivity contribution in [2.24, 2.45) is 0 Å². The second-order valence-electron chi connectivity index (χ2n) is 4.37. The number of rotatable bonds is 4. The van der Waals surface area contributed by atoms with Crippen LogP contribution in [0.1, 0.15) is 39.5 Å². The molecule has 0 amide bonds. The minimum atomic E-state index is -0.359. The van der Waals surface area contributed by atoms with Gasteiger partial charge in [-0.05, 0) is 44.8 Å². The van der Waals surface area contributed by atoms with E-state index in [0.29, 0.717) is 13.0 Å². The summed E-state index contributed by atoms with van der Waals surface area (Å²) in [5.74, 6) is 5.90. The van der Waals surface area contributed by atoms with Gasteiger partial charge in [0.05, 0.1) is 12.7 Å². The summed E-state index contributed by atoms with van der Waals surface area (Å²) < 4.78 is 11.0. The first-order valence-corrected chi connectivity index (χ1v) is 6.25. The first-order valence-electron chi connectivity index (χ1n) is 6.25. The van der Waals surface area contributed by atoms with Crippen LogP contribution in [0, 0.1) is 11.8 Å². The summed E-state index contributed by atoms with van der Waals surface area (Å²) in [4.78, 5) is 0. The zero-order chi connectivity index (χ0) is 12.5. The van der Waals surface area contributed by atoms with E-state index < -0.39 is 0 Å². The van der Waals surface area contributed by atoms with E-state index in [2.05, 4.69) is 11.8 Å². The SMILES string of the molecule is CC(C#CCC(C)O)=CCOC1CCCCO1. The van der Waals surface area contributed by atoms with Crippen LogP contribution in [0.4, 0.5) is 0 Å². The Kier molecular flexibility index (Phi) is 6.95. The van der Waals surface area contributed by atoms with Gasteiger partial charge in [0.25, 0.3) is 0 Å². The molecule has 1 aliphatic rings. The molecule has 1 N–H and O–H groups in total. The normalized spacial score (nSPS) is 22.8. The smallest absolute Gasteiger partial charge is 0.157 e. The van der Waals surface area contributed by atoms with E-state index in [0.717, 1.165) is 25.0 Å². The third-order valence-corrected chi connectivity index (χ3v) is 2.49. The van der Waals surface area contributed by atoms with Crippen LogP contribution in [0.15, 0.2) is 11.6 Å². The van der Waals surface area contributed by atoms with E-state index in [-0.39, 0.29) is 12.4 Å². The molecule has 0 aliphatic carbocycles. The second kappa shape index (κ2) is 8.30. The van der Waals surface area contributed by atoms with Gasteiger partial charge in [-0.15, -0.1) is 0 Å². The minimum absolute atomic E-state index is 0.0433. The molecule has 0 bridgehead atoms. The molecule has 0 aromatic heterocycles. The molecule has 0 radical (unpaired) electrons. The molecule has 1 saturated heterocycles. The summed E-state index contributed by atoms with van der Waals surface area (Å²) in [7, 11) is 0. The van der Waals surface area contributed by atoms with E-state index in [1.807, 2.05) is 13.0 Å². The molecule has 2 atom stereocenters. The summed E-state index contributed by atoms with van der Waals surface area (Å²) in [6, 6.07) is 0. The van der Waals surface area contributed by atoms with Crippen molar-refractivity contribution in [2.45, 2.75) is 51.9 Å². The molecule has 1 aliphatic heterocycles. The Morgan fingerprint density at radius 2 is 2.41 bits per heavy atom. The Balaban J connectivity index is 2.19. The quantitative estimate of drug-likeness (QED) is 0.763. The van der Waals surface area contributed by atoms with Crippen molar-refractivity contribution in [3.05, 3.63) is 11.6 Å². The lowest BCUT2D eigenvalue weighted by Crippen LogP contribution is -2.22. The summed E-state index contributed by atoms with van der Waals surface area (Å²) in [6.07, 6.45) is 5.37. The molecule has 3 nitrogen and oxygen atoms in total. The van der Waals surface area contributed by atoms with Crippen LogP contribution in [0.5, 0.6) is 0 Å². The Bertz CT molecular complexity index is 290. The van der Waals surface area contributed by atoms with Crippen molar-refractivity contribution >= 4 is 0 Å². The number of hydrogen-bond acceptors (Lipinski definition) is 3. The van der Waals surface area contributed by atoms with Crippen LogP contribution < -0.4 is 0 Å². The molecule has 0 saturated carbocycles. The van der Waals surface area contributed by atoms with Crippen LogP contribution in [0.2, 0.25) is 0 Å². The predicted molar refractivity (Wildman–Crippen MR) is 67.4 cm³/mol. The fourth-order valence-corrected chi connectivity index (χ4v) is 1.51. The molecule has 1 fully saturated rings. The zero-order valence-corrected chi connectivity index (χ0v) is 10.7. The molecule has 17 heavy (non-hydrogen) atoms. The molecule has 2 unspecified atom stereocenters. The predicted octanol–water partition coefficient (Wildman–Crippen LogP) is 2.25. The van der Waals surface area contributed by atoms with Gasteiger partial charge in [-0.1, -0.05) is 11.8 Å². The maximum Gasteiger partial charge on any atom is 0.157 e. The van der Waals surface area contributed by atoms with E-state index in [1.54, 1.807) is 6.92 Å². The first kappa shape index (κ1) is 14.2. The topological polar surface area (TPSA) is 38.7 Å². The third-order valence-electron chi connectivity index (χ3n) is 2.49. The lowest BCUT2D eigenvalue weighted by atomic mass is 10.2. The van der Waals surface area contributed by atoms with Crippen LogP contribution in [0.25, 0.3) is 0 Å². The summed E-state index contributed by atoms with van der Waals surface area (Å²) in [5, 5.41) is 9.05. The van der Waals surface area contributed by atoms with Crippen molar-refractivity contribution in [2.75, 3.05) is 13.2 Å². The highest BCUT2D eigenvalue weighted by Gasteiger charge is 2.12.